The first-order valence-corrected chi connectivity index (χ1v) is 7.33. The van der Waals surface area contributed by atoms with Crippen LogP contribution in [-0.4, -0.2) is 18.4 Å². The summed E-state index contributed by atoms with van der Waals surface area (Å²) >= 11 is 15.2. The molecule has 18 heavy (non-hydrogen) atoms. The maximum Gasteiger partial charge on any atom is 0.224 e. The van der Waals surface area contributed by atoms with Crippen LogP contribution in [0.15, 0.2) is 10.5 Å². The number of halogens is 3. The minimum atomic E-state index is 0.0113. The fourth-order valence-corrected chi connectivity index (χ4v) is 2.98. The Morgan fingerprint density at radius 1 is 1.44 bits per heavy atom. The van der Waals surface area contributed by atoms with Gasteiger partial charge in [0.15, 0.2) is 5.75 Å². The van der Waals surface area contributed by atoms with Crippen LogP contribution in [0.5, 0.6) is 5.75 Å². The topological polar surface area (TPSA) is 38.3 Å². The highest BCUT2D eigenvalue weighted by atomic mass is 79.9. The number of carbonyl (C=O) groups excluding carboxylic acids is 1. The first-order valence-electron chi connectivity index (χ1n) is 5.63. The molecule has 1 heterocycles. The molecule has 1 amide bonds. The van der Waals surface area contributed by atoms with Crippen molar-refractivity contribution in [2.24, 2.45) is 0 Å². The number of rotatable bonds is 4. The summed E-state index contributed by atoms with van der Waals surface area (Å²) < 4.78 is 6.30. The molecule has 0 spiro atoms. The summed E-state index contributed by atoms with van der Waals surface area (Å²) in [4.78, 5) is 11.4. The van der Waals surface area contributed by atoms with Gasteiger partial charge in [-0.25, -0.2) is 0 Å². The summed E-state index contributed by atoms with van der Waals surface area (Å²) in [5.41, 5.74) is 1.78. The Balaban J connectivity index is 2.30. The van der Waals surface area contributed by atoms with Crippen molar-refractivity contribution in [2.45, 2.75) is 19.3 Å². The fourth-order valence-electron chi connectivity index (χ4n) is 1.79. The van der Waals surface area contributed by atoms with Crippen LogP contribution >= 0.6 is 39.1 Å². The van der Waals surface area contributed by atoms with E-state index in [4.69, 9.17) is 27.9 Å². The highest BCUT2D eigenvalue weighted by Gasteiger charge is 2.22. The summed E-state index contributed by atoms with van der Waals surface area (Å²) in [6.45, 7) is 0.495. The van der Waals surface area contributed by atoms with Crippen molar-refractivity contribution >= 4 is 50.7 Å². The lowest BCUT2D eigenvalue weighted by molar-refractivity contribution is -0.116. The number of aryl methyl sites for hydroxylation is 1. The number of hydrogen-bond donors (Lipinski definition) is 1. The zero-order chi connectivity index (χ0) is 13.1. The zero-order valence-electron chi connectivity index (χ0n) is 9.56. The quantitative estimate of drug-likeness (QED) is 0.657. The van der Waals surface area contributed by atoms with E-state index in [1.807, 2.05) is 6.07 Å². The molecule has 1 aliphatic rings. The van der Waals surface area contributed by atoms with Crippen LogP contribution < -0.4 is 10.1 Å². The molecule has 0 radical (unpaired) electrons. The van der Waals surface area contributed by atoms with Gasteiger partial charge in [0.25, 0.3) is 0 Å². The van der Waals surface area contributed by atoms with Crippen LogP contribution in [0.25, 0.3) is 0 Å². The van der Waals surface area contributed by atoms with E-state index in [0.717, 1.165) is 17.7 Å². The molecule has 3 nitrogen and oxygen atoms in total. The molecular weight excluding hydrogens is 341 g/mol. The molecule has 0 saturated carbocycles. The van der Waals surface area contributed by atoms with E-state index in [1.165, 1.54) is 0 Å². The van der Waals surface area contributed by atoms with Crippen molar-refractivity contribution in [3.63, 3.8) is 0 Å². The van der Waals surface area contributed by atoms with E-state index in [1.54, 1.807) is 0 Å². The second kappa shape index (κ2) is 6.13. The largest absolute Gasteiger partial charge is 0.491 e. The normalized spacial score (nSPS) is 14.1. The highest BCUT2D eigenvalue weighted by molar-refractivity contribution is 9.10. The zero-order valence-corrected chi connectivity index (χ0v) is 12.7. The maximum atomic E-state index is 11.4. The molecule has 1 aliphatic heterocycles. The molecule has 1 aromatic rings. The van der Waals surface area contributed by atoms with Gasteiger partial charge in [-0.3, -0.25) is 4.79 Å². The van der Waals surface area contributed by atoms with Crippen molar-refractivity contribution in [3.8, 4) is 5.75 Å². The molecule has 0 unspecified atom stereocenters. The molecule has 1 aromatic carbocycles. The molecule has 0 bridgehead atoms. The SMILES string of the molecule is O=C1CCc2cc(Cl)c(OCCCCl)c(Br)c2N1. The van der Waals surface area contributed by atoms with Gasteiger partial charge in [0, 0.05) is 12.3 Å². The fraction of sp³-hybridized carbons (Fsp3) is 0.417. The van der Waals surface area contributed by atoms with E-state index >= 15 is 0 Å². The van der Waals surface area contributed by atoms with Gasteiger partial charge in [0.2, 0.25) is 5.91 Å². The van der Waals surface area contributed by atoms with Crippen LogP contribution in [-0.2, 0) is 11.2 Å². The van der Waals surface area contributed by atoms with Crippen molar-refractivity contribution in [1.29, 1.82) is 0 Å². The minimum Gasteiger partial charge on any atom is -0.491 e. The van der Waals surface area contributed by atoms with E-state index in [2.05, 4.69) is 21.2 Å². The number of fused-ring (bicyclic) bond motifs is 1. The number of hydrogen-bond acceptors (Lipinski definition) is 2. The van der Waals surface area contributed by atoms with Gasteiger partial charge in [-0.2, -0.15) is 0 Å². The molecule has 0 fully saturated rings. The number of carbonyl (C=O) groups is 1. The van der Waals surface area contributed by atoms with Gasteiger partial charge in [0.05, 0.1) is 21.8 Å². The summed E-state index contributed by atoms with van der Waals surface area (Å²) in [6, 6.07) is 1.84. The first-order chi connectivity index (χ1) is 8.63. The summed E-state index contributed by atoms with van der Waals surface area (Å²) in [5.74, 6) is 1.11. The van der Waals surface area contributed by atoms with E-state index in [0.29, 0.717) is 40.6 Å². The minimum absolute atomic E-state index is 0.0113. The summed E-state index contributed by atoms with van der Waals surface area (Å²) in [5, 5.41) is 3.38. The lowest BCUT2D eigenvalue weighted by Crippen LogP contribution is -2.19. The van der Waals surface area contributed by atoms with Crippen molar-refractivity contribution in [1.82, 2.24) is 0 Å². The number of ether oxygens (including phenoxy) is 1. The molecule has 2 rings (SSSR count). The van der Waals surface area contributed by atoms with Gasteiger partial charge >= 0.3 is 0 Å². The second-order valence-electron chi connectivity index (χ2n) is 3.97. The molecule has 0 saturated heterocycles. The number of amides is 1. The third-order valence-corrected chi connectivity index (χ3v) is 3.97. The van der Waals surface area contributed by atoms with E-state index in [-0.39, 0.29) is 5.91 Å². The third-order valence-electron chi connectivity index (χ3n) is 2.67. The predicted octanol–water partition coefficient (Wildman–Crippen LogP) is 3.99. The molecule has 0 aliphatic carbocycles. The number of nitrogens with one attached hydrogen (secondary N) is 1. The monoisotopic (exact) mass is 351 g/mol. The van der Waals surface area contributed by atoms with Crippen LogP contribution in [0.2, 0.25) is 5.02 Å². The van der Waals surface area contributed by atoms with E-state index in [9.17, 15) is 4.79 Å². The molecular formula is C12H12BrCl2NO2. The first kappa shape index (κ1) is 14.0. The van der Waals surface area contributed by atoms with Gasteiger partial charge in [-0.05, 0) is 40.4 Å². The third kappa shape index (κ3) is 2.92. The molecule has 0 aromatic heterocycles. The highest BCUT2D eigenvalue weighted by Crippen LogP contribution is 2.43. The molecule has 1 N–H and O–H groups in total. The lowest BCUT2D eigenvalue weighted by Gasteiger charge is -2.21. The maximum absolute atomic E-state index is 11.4. The van der Waals surface area contributed by atoms with Crippen molar-refractivity contribution in [3.05, 3.63) is 21.1 Å². The second-order valence-corrected chi connectivity index (χ2v) is 5.55. The van der Waals surface area contributed by atoms with Crippen LogP contribution in [0.1, 0.15) is 18.4 Å². The van der Waals surface area contributed by atoms with Crippen molar-refractivity contribution in [2.75, 3.05) is 17.8 Å². The molecule has 6 heteroatoms. The average Bonchev–Trinajstić information content (AvgIpc) is 2.35. The summed E-state index contributed by atoms with van der Waals surface area (Å²) in [7, 11) is 0. The smallest absolute Gasteiger partial charge is 0.224 e. The lowest BCUT2D eigenvalue weighted by atomic mass is 10.0. The average molecular weight is 353 g/mol. The van der Waals surface area contributed by atoms with Crippen LogP contribution in [0.4, 0.5) is 5.69 Å². The van der Waals surface area contributed by atoms with Crippen molar-refractivity contribution < 1.29 is 9.53 Å². The number of alkyl halides is 1. The van der Waals surface area contributed by atoms with Crippen LogP contribution in [0.3, 0.4) is 0 Å². The number of benzene rings is 1. The standard InChI is InChI=1S/C12H12BrCl2NO2/c13-10-11-7(2-3-9(17)16-11)6-8(15)12(10)18-5-1-4-14/h6H,1-5H2,(H,16,17). The predicted molar refractivity (Wildman–Crippen MR) is 76.9 cm³/mol. The molecule has 98 valence electrons. The Hall–Kier alpha value is -0.450. The van der Waals surface area contributed by atoms with Gasteiger partial charge in [-0.1, -0.05) is 11.6 Å². The van der Waals surface area contributed by atoms with E-state index < -0.39 is 0 Å². The summed E-state index contributed by atoms with van der Waals surface area (Å²) in [6.07, 6.45) is 1.93. The Kier molecular flexibility index (Phi) is 4.76. The molecule has 0 atom stereocenters. The van der Waals surface area contributed by atoms with Gasteiger partial charge < -0.3 is 10.1 Å². The Labute approximate surface area is 124 Å². The number of anilines is 1. The van der Waals surface area contributed by atoms with Gasteiger partial charge in [-0.15, -0.1) is 11.6 Å². The van der Waals surface area contributed by atoms with Crippen LogP contribution in [0, 0.1) is 0 Å². The Bertz CT molecular complexity index is 480. The Morgan fingerprint density at radius 3 is 2.94 bits per heavy atom. The van der Waals surface area contributed by atoms with Gasteiger partial charge in [0.1, 0.15) is 0 Å². The Morgan fingerprint density at radius 2 is 2.22 bits per heavy atom.